The number of aliphatic hydroxyl groups is 1. The zero-order valence-electron chi connectivity index (χ0n) is 13.3. The summed E-state index contributed by atoms with van der Waals surface area (Å²) in [6.45, 7) is 5.50. The van der Waals surface area contributed by atoms with Crippen LogP contribution in [-0.2, 0) is 10.3 Å². The standard InChI is InChI=1S/C17H25NO3/c1-11-5-13(6-12(2)16(11)20-4)17(19)7-14-9-21-10-15(8-17)18(14)3/h5-6,14-15,19H,7-10H2,1-4H3. The van der Waals surface area contributed by atoms with Gasteiger partial charge < -0.3 is 14.6 Å². The van der Waals surface area contributed by atoms with Crippen molar-refractivity contribution in [3.8, 4) is 5.75 Å². The minimum Gasteiger partial charge on any atom is -0.496 e. The first-order valence-corrected chi connectivity index (χ1v) is 7.62. The molecule has 4 nitrogen and oxygen atoms in total. The zero-order chi connectivity index (χ0) is 15.2. The summed E-state index contributed by atoms with van der Waals surface area (Å²) in [4.78, 5) is 2.36. The Morgan fingerprint density at radius 3 is 2.19 bits per heavy atom. The second-order valence-corrected chi connectivity index (χ2v) is 6.59. The van der Waals surface area contributed by atoms with Crippen molar-refractivity contribution in [3.63, 3.8) is 0 Å². The minimum absolute atomic E-state index is 0.296. The van der Waals surface area contributed by atoms with E-state index in [1.54, 1.807) is 7.11 Å². The highest BCUT2D eigenvalue weighted by atomic mass is 16.5. The van der Waals surface area contributed by atoms with Gasteiger partial charge in [-0.05, 0) is 62.6 Å². The summed E-state index contributed by atoms with van der Waals surface area (Å²) in [5.74, 6) is 0.916. The van der Waals surface area contributed by atoms with Crippen LogP contribution in [0.5, 0.6) is 5.75 Å². The van der Waals surface area contributed by atoms with Crippen LogP contribution in [0.25, 0.3) is 0 Å². The quantitative estimate of drug-likeness (QED) is 0.905. The number of hydrogen-bond acceptors (Lipinski definition) is 4. The monoisotopic (exact) mass is 291 g/mol. The Kier molecular flexibility index (Phi) is 3.72. The van der Waals surface area contributed by atoms with Gasteiger partial charge >= 0.3 is 0 Å². The number of rotatable bonds is 2. The van der Waals surface area contributed by atoms with Gasteiger partial charge in [0.2, 0.25) is 0 Å². The van der Waals surface area contributed by atoms with Crippen molar-refractivity contribution in [3.05, 3.63) is 28.8 Å². The fraction of sp³-hybridized carbons (Fsp3) is 0.647. The zero-order valence-corrected chi connectivity index (χ0v) is 13.3. The molecule has 1 N–H and O–H groups in total. The summed E-state index contributed by atoms with van der Waals surface area (Å²) in [5.41, 5.74) is 2.43. The molecule has 0 amide bonds. The Morgan fingerprint density at radius 1 is 1.19 bits per heavy atom. The van der Waals surface area contributed by atoms with Crippen molar-refractivity contribution in [1.82, 2.24) is 4.90 Å². The number of methoxy groups -OCH3 is 1. The van der Waals surface area contributed by atoms with Gasteiger partial charge in [0.15, 0.2) is 0 Å². The predicted octanol–water partition coefficient (Wildman–Crippen LogP) is 1.99. The van der Waals surface area contributed by atoms with E-state index in [1.165, 1.54) is 0 Å². The second kappa shape index (κ2) is 5.27. The third-order valence-corrected chi connectivity index (χ3v) is 5.12. The fourth-order valence-corrected chi connectivity index (χ4v) is 3.92. The van der Waals surface area contributed by atoms with Gasteiger partial charge in [-0.25, -0.2) is 0 Å². The van der Waals surface area contributed by atoms with E-state index in [9.17, 15) is 5.11 Å². The summed E-state index contributed by atoms with van der Waals surface area (Å²) < 4.78 is 11.1. The Bertz CT molecular complexity index is 506. The molecule has 2 atom stereocenters. The third-order valence-electron chi connectivity index (χ3n) is 5.12. The van der Waals surface area contributed by atoms with E-state index in [4.69, 9.17) is 9.47 Å². The van der Waals surface area contributed by atoms with E-state index in [0.29, 0.717) is 25.3 Å². The molecule has 21 heavy (non-hydrogen) atoms. The molecule has 4 heteroatoms. The van der Waals surface area contributed by atoms with Crippen molar-refractivity contribution >= 4 is 0 Å². The van der Waals surface area contributed by atoms with Gasteiger partial charge in [-0.15, -0.1) is 0 Å². The lowest BCUT2D eigenvalue weighted by Crippen LogP contribution is -2.59. The highest BCUT2D eigenvalue weighted by molar-refractivity contribution is 5.45. The summed E-state index contributed by atoms with van der Waals surface area (Å²) in [6, 6.07) is 4.75. The number of likely N-dealkylation sites (N-methyl/N-ethyl adjacent to an activating group) is 1. The van der Waals surface area contributed by atoms with Crippen LogP contribution in [0.3, 0.4) is 0 Å². The van der Waals surface area contributed by atoms with Crippen molar-refractivity contribution in [2.75, 3.05) is 27.4 Å². The molecule has 2 unspecified atom stereocenters. The van der Waals surface area contributed by atoms with Crippen molar-refractivity contribution < 1.29 is 14.6 Å². The first-order valence-electron chi connectivity index (χ1n) is 7.62. The fourth-order valence-electron chi connectivity index (χ4n) is 3.92. The van der Waals surface area contributed by atoms with Crippen LogP contribution in [0.1, 0.15) is 29.5 Å². The first kappa shape index (κ1) is 14.8. The van der Waals surface area contributed by atoms with Crippen LogP contribution >= 0.6 is 0 Å². The Balaban J connectivity index is 1.96. The summed E-state index contributed by atoms with van der Waals surface area (Å²) in [7, 11) is 3.84. The maximum absolute atomic E-state index is 11.3. The third kappa shape index (κ3) is 2.45. The number of fused-ring (bicyclic) bond motifs is 2. The lowest BCUT2D eigenvalue weighted by atomic mass is 9.76. The summed E-state index contributed by atoms with van der Waals surface area (Å²) in [6.07, 6.45) is 1.45. The molecule has 116 valence electrons. The largest absolute Gasteiger partial charge is 0.496 e. The summed E-state index contributed by atoms with van der Waals surface area (Å²) in [5, 5.41) is 11.3. The van der Waals surface area contributed by atoms with Crippen LogP contribution in [0.2, 0.25) is 0 Å². The summed E-state index contributed by atoms with van der Waals surface area (Å²) >= 11 is 0. The number of hydrogen-bond donors (Lipinski definition) is 1. The van der Waals surface area contributed by atoms with Crippen LogP contribution in [0, 0.1) is 13.8 Å². The molecule has 2 heterocycles. The van der Waals surface area contributed by atoms with E-state index >= 15 is 0 Å². The van der Waals surface area contributed by atoms with Crippen LogP contribution in [0.4, 0.5) is 0 Å². The molecular formula is C17H25NO3. The molecule has 0 saturated carbocycles. The highest BCUT2D eigenvalue weighted by Crippen LogP contribution is 2.42. The smallest absolute Gasteiger partial charge is 0.124 e. The molecule has 0 radical (unpaired) electrons. The molecule has 0 spiro atoms. The molecule has 2 aliphatic rings. The molecule has 2 aliphatic heterocycles. The SMILES string of the molecule is COc1c(C)cc(C2(O)CC3COCC(C2)N3C)cc1C. The Hall–Kier alpha value is -1.10. The van der Waals surface area contributed by atoms with Gasteiger partial charge in [0.25, 0.3) is 0 Å². The molecule has 2 saturated heterocycles. The molecule has 2 bridgehead atoms. The molecule has 2 fully saturated rings. The van der Waals surface area contributed by atoms with E-state index in [-0.39, 0.29) is 0 Å². The number of ether oxygens (including phenoxy) is 2. The van der Waals surface area contributed by atoms with Crippen molar-refractivity contribution in [2.24, 2.45) is 0 Å². The van der Waals surface area contributed by atoms with Gasteiger partial charge in [0.1, 0.15) is 5.75 Å². The van der Waals surface area contributed by atoms with E-state index in [2.05, 4.69) is 24.1 Å². The number of piperidine rings is 1. The molecule has 1 aromatic carbocycles. The van der Waals surface area contributed by atoms with E-state index in [1.807, 2.05) is 13.8 Å². The molecular weight excluding hydrogens is 266 g/mol. The maximum Gasteiger partial charge on any atom is 0.124 e. The minimum atomic E-state index is -0.757. The van der Waals surface area contributed by atoms with Crippen molar-refractivity contribution in [1.29, 1.82) is 0 Å². The van der Waals surface area contributed by atoms with Crippen molar-refractivity contribution in [2.45, 2.75) is 44.4 Å². The maximum atomic E-state index is 11.3. The Morgan fingerprint density at radius 2 is 1.71 bits per heavy atom. The average Bonchev–Trinajstić information content (AvgIpc) is 2.40. The average molecular weight is 291 g/mol. The molecule has 3 rings (SSSR count). The first-order chi connectivity index (χ1) is 9.94. The number of morpholine rings is 1. The topological polar surface area (TPSA) is 41.9 Å². The highest BCUT2D eigenvalue weighted by Gasteiger charge is 2.45. The lowest BCUT2D eigenvalue weighted by molar-refractivity contribution is -0.137. The van der Waals surface area contributed by atoms with Gasteiger partial charge in [-0.1, -0.05) is 0 Å². The van der Waals surface area contributed by atoms with Crippen LogP contribution in [-0.4, -0.2) is 49.5 Å². The van der Waals surface area contributed by atoms with Gasteiger partial charge in [-0.3, -0.25) is 4.90 Å². The predicted molar refractivity (Wildman–Crippen MR) is 81.8 cm³/mol. The number of aryl methyl sites for hydroxylation is 2. The molecule has 0 aliphatic carbocycles. The Labute approximate surface area is 126 Å². The van der Waals surface area contributed by atoms with Gasteiger partial charge in [0, 0.05) is 12.1 Å². The normalized spacial score (nSPS) is 33.0. The van der Waals surface area contributed by atoms with Gasteiger partial charge in [0.05, 0.1) is 25.9 Å². The number of benzene rings is 1. The molecule has 0 aromatic heterocycles. The van der Waals surface area contributed by atoms with Gasteiger partial charge in [-0.2, -0.15) is 0 Å². The van der Waals surface area contributed by atoms with E-state index < -0.39 is 5.60 Å². The second-order valence-electron chi connectivity index (χ2n) is 6.59. The molecule has 1 aromatic rings. The van der Waals surface area contributed by atoms with Crippen LogP contribution < -0.4 is 4.74 Å². The lowest BCUT2D eigenvalue weighted by Gasteiger charge is -2.50. The van der Waals surface area contributed by atoms with E-state index in [0.717, 1.165) is 35.3 Å². The number of nitrogens with zero attached hydrogens (tertiary/aromatic N) is 1. The van der Waals surface area contributed by atoms with Crippen LogP contribution in [0.15, 0.2) is 12.1 Å².